The van der Waals surface area contributed by atoms with E-state index in [4.69, 9.17) is 4.74 Å². The third-order valence-corrected chi connectivity index (χ3v) is 3.59. The number of ether oxygens (including phenoxy) is 1. The predicted octanol–water partition coefficient (Wildman–Crippen LogP) is 4.13. The van der Waals surface area contributed by atoms with Gasteiger partial charge in [-0.15, -0.1) is 0 Å². The fourth-order valence-electron chi connectivity index (χ4n) is 2.31. The quantitative estimate of drug-likeness (QED) is 0.378. The molecule has 0 heterocycles. The van der Waals surface area contributed by atoms with Gasteiger partial charge in [-0.3, -0.25) is 14.6 Å². The number of allylic oxidation sites excluding steroid dienone is 1. The Hall–Kier alpha value is -2.43. The van der Waals surface area contributed by atoms with E-state index >= 15 is 0 Å². The monoisotopic (exact) mass is 358 g/mol. The molecule has 5 heteroatoms. The highest BCUT2D eigenvalue weighted by Gasteiger charge is 2.20. The molecule has 0 radical (unpaired) electrons. The molecule has 142 valence electrons. The van der Waals surface area contributed by atoms with E-state index in [1.54, 1.807) is 0 Å². The summed E-state index contributed by atoms with van der Waals surface area (Å²) in [6.45, 7) is 12.8. The number of ketones is 1. The first-order valence-electron chi connectivity index (χ1n) is 8.92. The van der Waals surface area contributed by atoms with Crippen LogP contribution in [0.25, 0.3) is 0 Å². The largest absolute Gasteiger partial charge is 0.459 e. The first-order valence-corrected chi connectivity index (χ1v) is 8.92. The zero-order valence-corrected chi connectivity index (χ0v) is 16.5. The molecule has 1 aromatic carbocycles. The second-order valence-electron chi connectivity index (χ2n) is 7.15. The second-order valence-corrected chi connectivity index (χ2v) is 7.15. The van der Waals surface area contributed by atoms with Crippen LogP contribution in [-0.2, 0) is 20.7 Å². The number of benzene rings is 1. The number of hydrogen-bond acceptors (Lipinski definition) is 5. The van der Waals surface area contributed by atoms with Crippen LogP contribution < -0.4 is 0 Å². The maximum absolute atomic E-state index is 12.2. The minimum Gasteiger partial charge on any atom is -0.459 e. The van der Waals surface area contributed by atoms with Crippen LogP contribution in [0, 0.1) is 0 Å². The number of aryl methyl sites for hydroxylation is 1. The molecule has 0 bridgehead atoms. The van der Waals surface area contributed by atoms with E-state index in [1.165, 1.54) is 17.5 Å². The van der Waals surface area contributed by atoms with Crippen LogP contribution in [0.4, 0.5) is 0 Å². The van der Waals surface area contributed by atoms with Gasteiger partial charge >= 0.3 is 5.97 Å². The average Bonchev–Trinajstić information content (AvgIpc) is 2.55. The summed E-state index contributed by atoms with van der Waals surface area (Å²) in [5.74, 6) is -0.515. The number of carbonyl (C=O) groups excluding carboxylic acids is 2. The molecule has 0 unspecified atom stereocenters. The van der Waals surface area contributed by atoms with Crippen molar-refractivity contribution in [2.75, 3.05) is 6.54 Å². The predicted molar refractivity (Wildman–Crippen MR) is 105 cm³/mol. The normalized spacial score (nSPS) is 11.8. The smallest absolute Gasteiger partial charge is 0.328 e. The summed E-state index contributed by atoms with van der Waals surface area (Å²) < 4.78 is 5.38. The number of esters is 1. The van der Waals surface area contributed by atoms with Crippen LogP contribution in [0.3, 0.4) is 0 Å². The van der Waals surface area contributed by atoms with Crippen LogP contribution in [0.1, 0.15) is 53.0 Å². The van der Waals surface area contributed by atoms with Gasteiger partial charge in [0.1, 0.15) is 17.9 Å². The molecule has 0 aliphatic carbocycles. The number of nitrogens with zero attached hydrogens (tertiary/aromatic N) is 2. The van der Waals surface area contributed by atoms with E-state index < -0.39 is 11.6 Å². The van der Waals surface area contributed by atoms with E-state index in [2.05, 4.69) is 11.7 Å². The molecule has 0 aliphatic rings. The minimum atomic E-state index is -0.577. The Balaban J connectivity index is 2.89. The van der Waals surface area contributed by atoms with Gasteiger partial charge in [0.05, 0.1) is 0 Å². The van der Waals surface area contributed by atoms with E-state index in [0.717, 1.165) is 6.42 Å². The maximum Gasteiger partial charge on any atom is 0.328 e. The number of hydrogen-bond donors (Lipinski definition) is 0. The van der Waals surface area contributed by atoms with Crippen molar-refractivity contribution in [3.05, 3.63) is 48.2 Å². The van der Waals surface area contributed by atoms with Crippen molar-refractivity contribution >= 4 is 17.5 Å². The molecule has 0 aromatic heterocycles. The van der Waals surface area contributed by atoms with Crippen molar-refractivity contribution in [2.45, 2.75) is 59.5 Å². The van der Waals surface area contributed by atoms with Crippen molar-refractivity contribution in [3.8, 4) is 0 Å². The van der Waals surface area contributed by atoms with Gasteiger partial charge in [-0.2, -0.15) is 5.10 Å². The Labute approximate surface area is 156 Å². The zero-order valence-electron chi connectivity index (χ0n) is 16.5. The van der Waals surface area contributed by atoms with Gasteiger partial charge in [0.25, 0.3) is 0 Å². The van der Waals surface area contributed by atoms with E-state index in [9.17, 15) is 9.59 Å². The number of Topliss-reactive ketones (excluding diaryl/α,β-unsaturated/α-hetero) is 1. The first-order chi connectivity index (χ1) is 12.1. The lowest BCUT2D eigenvalue weighted by Gasteiger charge is -2.25. The molecular weight excluding hydrogens is 328 g/mol. The standard InChI is InChI=1S/C21H30N2O3/c1-7-19(17(3)24)22-23(15-20(25)26-21(4,5)6)16(2)13-14-18-11-9-8-10-12-18/h8-12H,2,7,13-15H2,1,3-6H3/b22-19-. The van der Waals surface area contributed by atoms with Gasteiger partial charge in [-0.05, 0) is 45.6 Å². The molecule has 26 heavy (non-hydrogen) atoms. The highest BCUT2D eigenvalue weighted by Crippen LogP contribution is 2.15. The summed E-state index contributed by atoms with van der Waals surface area (Å²) >= 11 is 0. The fourth-order valence-corrected chi connectivity index (χ4v) is 2.31. The van der Waals surface area contributed by atoms with Crippen molar-refractivity contribution < 1.29 is 14.3 Å². The van der Waals surface area contributed by atoms with E-state index in [0.29, 0.717) is 24.3 Å². The Morgan fingerprint density at radius 2 is 1.81 bits per heavy atom. The van der Waals surface area contributed by atoms with E-state index in [1.807, 2.05) is 58.0 Å². The Morgan fingerprint density at radius 1 is 1.19 bits per heavy atom. The van der Waals surface area contributed by atoms with Crippen LogP contribution in [0.2, 0.25) is 0 Å². The molecule has 0 aliphatic heterocycles. The molecule has 0 N–H and O–H groups in total. The Kier molecular flexibility index (Phi) is 8.23. The molecule has 0 atom stereocenters. The molecule has 1 rings (SSSR count). The van der Waals surface area contributed by atoms with Gasteiger partial charge < -0.3 is 4.74 Å². The Bertz CT molecular complexity index is 658. The van der Waals surface area contributed by atoms with Gasteiger partial charge in [0.15, 0.2) is 5.78 Å². The van der Waals surface area contributed by atoms with Crippen molar-refractivity contribution in [2.24, 2.45) is 5.10 Å². The molecule has 1 aromatic rings. The van der Waals surface area contributed by atoms with Crippen LogP contribution in [-0.4, -0.2) is 34.6 Å². The van der Waals surface area contributed by atoms with Crippen molar-refractivity contribution in [1.82, 2.24) is 5.01 Å². The average molecular weight is 358 g/mol. The van der Waals surface area contributed by atoms with Crippen molar-refractivity contribution in [3.63, 3.8) is 0 Å². The van der Waals surface area contributed by atoms with Gasteiger partial charge in [-0.25, -0.2) is 0 Å². The number of hydrazone groups is 1. The second kappa shape index (κ2) is 9.90. The molecule has 5 nitrogen and oxygen atoms in total. The molecule has 0 spiro atoms. The third kappa shape index (κ3) is 8.10. The first kappa shape index (κ1) is 21.6. The zero-order chi connectivity index (χ0) is 19.7. The third-order valence-electron chi connectivity index (χ3n) is 3.59. The highest BCUT2D eigenvalue weighted by molar-refractivity contribution is 6.38. The lowest BCUT2D eigenvalue weighted by molar-refractivity contribution is -0.155. The minimum absolute atomic E-state index is 0.0678. The Morgan fingerprint density at radius 3 is 2.31 bits per heavy atom. The van der Waals surface area contributed by atoms with Gasteiger partial charge in [0, 0.05) is 12.6 Å². The SMILES string of the molecule is C=C(CCc1ccccc1)N(CC(=O)OC(C)(C)C)/N=C(/CC)C(C)=O. The summed E-state index contributed by atoms with van der Waals surface area (Å²) in [6, 6.07) is 10.0. The molecular formula is C21H30N2O3. The van der Waals surface area contributed by atoms with E-state index in [-0.39, 0.29) is 12.3 Å². The lowest BCUT2D eigenvalue weighted by atomic mass is 10.1. The fraction of sp³-hybridized carbons (Fsp3) is 0.476. The molecule has 0 amide bonds. The number of rotatable bonds is 9. The topological polar surface area (TPSA) is 59.0 Å². The summed E-state index contributed by atoms with van der Waals surface area (Å²) in [5.41, 5.74) is 1.69. The summed E-state index contributed by atoms with van der Waals surface area (Å²) in [5, 5.41) is 5.87. The van der Waals surface area contributed by atoms with Crippen LogP contribution in [0.15, 0.2) is 47.7 Å². The maximum atomic E-state index is 12.2. The summed E-state index contributed by atoms with van der Waals surface area (Å²) in [6.07, 6.45) is 1.90. The number of carbonyl (C=O) groups is 2. The van der Waals surface area contributed by atoms with Gasteiger partial charge in [-0.1, -0.05) is 43.8 Å². The summed E-state index contributed by atoms with van der Waals surface area (Å²) in [7, 11) is 0. The highest BCUT2D eigenvalue weighted by atomic mass is 16.6. The lowest BCUT2D eigenvalue weighted by Crippen LogP contribution is -2.33. The van der Waals surface area contributed by atoms with Crippen molar-refractivity contribution in [1.29, 1.82) is 0 Å². The van der Waals surface area contributed by atoms with Gasteiger partial charge in [0.2, 0.25) is 0 Å². The van der Waals surface area contributed by atoms with Crippen LogP contribution >= 0.6 is 0 Å². The molecule has 0 saturated carbocycles. The van der Waals surface area contributed by atoms with Crippen LogP contribution in [0.5, 0.6) is 0 Å². The molecule has 0 fully saturated rings. The molecule has 0 saturated heterocycles. The summed E-state index contributed by atoms with van der Waals surface area (Å²) in [4.78, 5) is 24.0.